The van der Waals surface area contributed by atoms with Crippen molar-refractivity contribution in [2.75, 3.05) is 5.32 Å². The van der Waals surface area contributed by atoms with Crippen LogP contribution in [0.2, 0.25) is 0 Å². The van der Waals surface area contributed by atoms with Crippen molar-refractivity contribution in [3.05, 3.63) is 53.9 Å². The lowest BCUT2D eigenvalue weighted by molar-refractivity contribution is 0.0692. The van der Waals surface area contributed by atoms with Crippen molar-refractivity contribution in [3.63, 3.8) is 0 Å². The lowest BCUT2D eigenvalue weighted by Crippen LogP contribution is -2.16. The van der Waals surface area contributed by atoms with Gasteiger partial charge in [0.1, 0.15) is 0 Å². The Labute approximate surface area is 123 Å². The molecule has 0 fully saturated rings. The van der Waals surface area contributed by atoms with Crippen LogP contribution in [0.5, 0.6) is 0 Å². The molecule has 0 aliphatic rings. The molecule has 0 atom stereocenters. The zero-order valence-corrected chi connectivity index (χ0v) is 11.4. The minimum Gasteiger partial charge on any atom is -0.478 e. The van der Waals surface area contributed by atoms with Gasteiger partial charge in [0.2, 0.25) is 0 Å². The van der Waals surface area contributed by atoms with Crippen LogP contribution >= 0.6 is 11.3 Å². The van der Waals surface area contributed by atoms with Gasteiger partial charge in [-0.15, -0.1) is 0 Å². The maximum Gasteiger partial charge on any atom is 0.338 e. The second-order valence-electron chi connectivity index (χ2n) is 4.17. The van der Waals surface area contributed by atoms with E-state index in [4.69, 9.17) is 5.11 Å². The predicted molar refractivity (Wildman–Crippen MR) is 78.8 cm³/mol. The number of carbonyl (C=O) groups excluding carboxylic acids is 1. The van der Waals surface area contributed by atoms with E-state index in [0.717, 1.165) is 16.4 Å². The molecular weight excluding hydrogens is 290 g/mol. The van der Waals surface area contributed by atoms with E-state index < -0.39 is 11.9 Å². The van der Waals surface area contributed by atoms with E-state index in [1.807, 2.05) is 24.3 Å². The molecule has 0 aliphatic heterocycles. The average Bonchev–Trinajstić information content (AvgIpc) is 2.89. The summed E-state index contributed by atoms with van der Waals surface area (Å²) < 4.78 is 0.945. The molecule has 2 aromatic heterocycles. The van der Waals surface area contributed by atoms with Crippen molar-refractivity contribution in [1.29, 1.82) is 0 Å². The number of anilines is 1. The van der Waals surface area contributed by atoms with E-state index in [9.17, 15) is 9.59 Å². The molecule has 0 unspecified atom stereocenters. The molecule has 0 aliphatic carbocycles. The first kappa shape index (κ1) is 13.2. The molecule has 0 spiro atoms. The van der Waals surface area contributed by atoms with Crippen molar-refractivity contribution < 1.29 is 14.7 Å². The predicted octanol–water partition coefficient (Wildman–Crippen LogP) is 2.64. The summed E-state index contributed by atoms with van der Waals surface area (Å²) in [6.45, 7) is 0. The highest BCUT2D eigenvalue weighted by atomic mass is 32.1. The SMILES string of the molecule is O=C(O)c1cnccc1C(=O)Nc1nc2ccccc2s1. The molecular formula is C14H9N3O3S. The smallest absolute Gasteiger partial charge is 0.338 e. The van der Waals surface area contributed by atoms with Gasteiger partial charge in [-0.25, -0.2) is 9.78 Å². The molecule has 2 N–H and O–H groups in total. The van der Waals surface area contributed by atoms with Gasteiger partial charge in [-0.1, -0.05) is 23.5 Å². The number of amides is 1. The van der Waals surface area contributed by atoms with Crippen molar-refractivity contribution in [2.45, 2.75) is 0 Å². The number of aromatic nitrogens is 2. The molecule has 0 saturated heterocycles. The van der Waals surface area contributed by atoms with Crippen LogP contribution in [0, 0.1) is 0 Å². The Morgan fingerprint density at radius 2 is 1.95 bits per heavy atom. The summed E-state index contributed by atoms with van der Waals surface area (Å²) in [7, 11) is 0. The van der Waals surface area contributed by atoms with Crippen molar-refractivity contribution >= 4 is 38.6 Å². The van der Waals surface area contributed by atoms with E-state index in [0.29, 0.717) is 5.13 Å². The molecule has 6 nitrogen and oxygen atoms in total. The van der Waals surface area contributed by atoms with Crippen LogP contribution in [0.4, 0.5) is 5.13 Å². The van der Waals surface area contributed by atoms with Crippen LogP contribution in [-0.4, -0.2) is 27.0 Å². The fourth-order valence-electron chi connectivity index (χ4n) is 1.85. The van der Waals surface area contributed by atoms with Crippen LogP contribution in [0.15, 0.2) is 42.7 Å². The number of hydrogen-bond acceptors (Lipinski definition) is 5. The quantitative estimate of drug-likeness (QED) is 0.775. The summed E-state index contributed by atoms with van der Waals surface area (Å²) >= 11 is 1.33. The molecule has 21 heavy (non-hydrogen) atoms. The average molecular weight is 299 g/mol. The summed E-state index contributed by atoms with van der Waals surface area (Å²) in [6, 6.07) is 8.86. The Balaban J connectivity index is 1.91. The third-order valence-electron chi connectivity index (χ3n) is 2.81. The van der Waals surface area contributed by atoms with Crippen molar-refractivity contribution in [3.8, 4) is 0 Å². The summed E-state index contributed by atoms with van der Waals surface area (Å²) in [5.74, 6) is -1.72. The molecule has 2 heterocycles. The van der Waals surface area contributed by atoms with Crippen LogP contribution in [-0.2, 0) is 0 Å². The monoisotopic (exact) mass is 299 g/mol. The van der Waals surface area contributed by atoms with Crippen LogP contribution in [0.1, 0.15) is 20.7 Å². The number of carboxylic acids is 1. The van der Waals surface area contributed by atoms with Gasteiger partial charge in [0.15, 0.2) is 5.13 Å². The summed E-state index contributed by atoms with van der Waals surface area (Å²) in [6.07, 6.45) is 2.52. The van der Waals surface area contributed by atoms with Gasteiger partial charge in [0, 0.05) is 12.4 Å². The molecule has 7 heteroatoms. The Morgan fingerprint density at radius 1 is 1.14 bits per heavy atom. The molecule has 104 valence electrons. The zero-order valence-electron chi connectivity index (χ0n) is 10.6. The summed E-state index contributed by atoms with van der Waals surface area (Å²) in [4.78, 5) is 31.3. The standard InChI is InChI=1S/C14H9N3O3S/c18-12(8-5-6-15-7-9(8)13(19)20)17-14-16-10-3-1-2-4-11(10)21-14/h1-7H,(H,19,20)(H,16,17,18). The van der Waals surface area contributed by atoms with E-state index >= 15 is 0 Å². The number of nitrogens with zero attached hydrogens (tertiary/aromatic N) is 2. The van der Waals surface area contributed by atoms with E-state index in [1.165, 1.54) is 23.6 Å². The Hall–Kier alpha value is -2.80. The number of carbonyl (C=O) groups is 2. The number of benzene rings is 1. The Bertz CT molecular complexity index is 811. The van der Waals surface area contributed by atoms with E-state index in [1.54, 1.807) is 0 Å². The van der Waals surface area contributed by atoms with Gasteiger partial charge in [-0.3, -0.25) is 15.1 Å². The highest BCUT2D eigenvalue weighted by Crippen LogP contribution is 2.25. The van der Waals surface area contributed by atoms with Gasteiger partial charge >= 0.3 is 5.97 Å². The second kappa shape index (κ2) is 5.29. The Kier molecular flexibility index (Phi) is 3.33. The summed E-state index contributed by atoms with van der Waals surface area (Å²) in [5, 5.41) is 12.1. The number of aromatic carboxylic acids is 1. The number of para-hydroxylation sites is 1. The third kappa shape index (κ3) is 2.59. The highest BCUT2D eigenvalue weighted by molar-refractivity contribution is 7.22. The fourth-order valence-corrected chi connectivity index (χ4v) is 2.71. The van der Waals surface area contributed by atoms with Crippen LogP contribution in [0.3, 0.4) is 0 Å². The zero-order chi connectivity index (χ0) is 14.8. The number of thiazole rings is 1. The van der Waals surface area contributed by atoms with Gasteiger partial charge in [0.05, 0.1) is 21.3 Å². The largest absolute Gasteiger partial charge is 0.478 e. The molecule has 3 rings (SSSR count). The van der Waals surface area contributed by atoms with Gasteiger partial charge in [-0.2, -0.15) is 0 Å². The normalized spacial score (nSPS) is 10.5. The minimum atomic E-state index is -1.20. The third-order valence-corrected chi connectivity index (χ3v) is 3.76. The molecule has 0 radical (unpaired) electrons. The number of hydrogen-bond donors (Lipinski definition) is 2. The lowest BCUT2D eigenvalue weighted by Gasteiger charge is -2.04. The molecule has 1 amide bonds. The number of nitrogens with one attached hydrogen (secondary N) is 1. The van der Waals surface area contributed by atoms with Gasteiger partial charge in [-0.05, 0) is 18.2 Å². The topological polar surface area (TPSA) is 92.2 Å². The lowest BCUT2D eigenvalue weighted by atomic mass is 10.1. The van der Waals surface area contributed by atoms with E-state index in [-0.39, 0.29) is 11.1 Å². The van der Waals surface area contributed by atoms with Crippen molar-refractivity contribution in [1.82, 2.24) is 9.97 Å². The van der Waals surface area contributed by atoms with Gasteiger partial charge < -0.3 is 5.11 Å². The van der Waals surface area contributed by atoms with E-state index in [2.05, 4.69) is 15.3 Å². The van der Waals surface area contributed by atoms with Gasteiger partial charge in [0.25, 0.3) is 5.91 Å². The number of rotatable bonds is 3. The Morgan fingerprint density at radius 3 is 2.71 bits per heavy atom. The second-order valence-corrected chi connectivity index (χ2v) is 5.20. The van der Waals surface area contributed by atoms with Crippen molar-refractivity contribution in [2.24, 2.45) is 0 Å². The summed E-state index contributed by atoms with van der Waals surface area (Å²) in [5.41, 5.74) is 0.693. The minimum absolute atomic E-state index is 0.0526. The fraction of sp³-hybridized carbons (Fsp3) is 0. The number of pyridine rings is 1. The maximum atomic E-state index is 12.2. The molecule has 3 aromatic rings. The first-order valence-electron chi connectivity index (χ1n) is 5.99. The number of fused-ring (bicyclic) bond motifs is 1. The molecule has 0 saturated carbocycles. The first-order valence-corrected chi connectivity index (χ1v) is 6.81. The molecule has 1 aromatic carbocycles. The first-order chi connectivity index (χ1) is 10.1. The highest BCUT2D eigenvalue weighted by Gasteiger charge is 2.17. The van der Waals surface area contributed by atoms with Crippen LogP contribution < -0.4 is 5.32 Å². The van der Waals surface area contributed by atoms with Crippen LogP contribution in [0.25, 0.3) is 10.2 Å². The molecule has 0 bridgehead atoms. The number of carboxylic acid groups (broad SMARTS) is 1. The maximum absolute atomic E-state index is 12.2.